The van der Waals surface area contributed by atoms with Gasteiger partial charge in [-0.3, -0.25) is 4.79 Å². The Morgan fingerprint density at radius 2 is 1.53 bits per heavy atom. The molecule has 4 rings (SSSR count). The highest BCUT2D eigenvalue weighted by Gasteiger charge is 2.09. The summed E-state index contributed by atoms with van der Waals surface area (Å²) in [6.07, 6.45) is 4.01. The highest BCUT2D eigenvalue weighted by Crippen LogP contribution is 2.30. The molecule has 0 aliphatic carbocycles. The molecule has 0 heterocycles. The number of hydrogen-bond acceptors (Lipinski definition) is 5. The molecule has 0 fully saturated rings. The molecule has 6 heteroatoms. The molecule has 0 bridgehead atoms. The number of nitrogens with two attached hydrogens (primary N) is 1. The van der Waals surface area contributed by atoms with Crippen LogP contribution in [0.15, 0.2) is 91.0 Å². The average molecular weight is 480 g/mol. The predicted octanol–water partition coefficient (Wildman–Crippen LogP) is 6.32. The number of carbonyl (C=O) groups excluding carboxylic acids is 1. The van der Waals surface area contributed by atoms with Crippen molar-refractivity contribution in [1.29, 1.82) is 0 Å². The quantitative estimate of drug-likeness (QED) is 0.193. The molecule has 0 spiro atoms. The molecular weight excluding hydrogens is 450 g/mol. The van der Waals surface area contributed by atoms with E-state index in [9.17, 15) is 4.79 Å². The molecule has 4 N–H and O–H groups in total. The van der Waals surface area contributed by atoms with Crippen LogP contribution in [0.3, 0.4) is 0 Å². The number of nitrogen functional groups attached to an aromatic ring is 1. The maximum absolute atomic E-state index is 12.9. The van der Waals surface area contributed by atoms with Crippen LogP contribution in [0.4, 0.5) is 17.1 Å². The molecule has 36 heavy (non-hydrogen) atoms. The first-order valence-electron chi connectivity index (χ1n) is 11.5. The number of hydrogen-bond donors (Lipinski definition) is 3. The van der Waals surface area contributed by atoms with E-state index in [1.54, 1.807) is 32.4 Å². The average Bonchev–Trinajstić information content (AvgIpc) is 2.93. The number of methoxy groups -OCH3 is 2. The first-order valence-corrected chi connectivity index (χ1v) is 11.5. The summed E-state index contributed by atoms with van der Waals surface area (Å²) in [4.78, 5) is 12.9. The lowest BCUT2D eigenvalue weighted by atomic mass is 10.1. The highest BCUT2D eigenvalue weighted by atomic mass is 16.5. The van der Waals surface area contributed by atoms with Crippen LogP contribution >= 0.6 is 0 Å². The zero-order valence-electron chi connectivity index (χ0n) is 20.3. The van der Waals surface area contributed by atoms with Gasteiger partial charge in [-0.05, 0) is 53.1 Å². The highest BCUT2D eigenvalue weighted by molar-refractivity contribution is 6.06. The smallest absolute Gasteiger partial charge is 0.255 e. The summed E-state index contributed by atoms with van der Waals surface area (Å²) in [6.45, 7) is 0.597. The first kappa shape index (κ1) is 24.4. The van der Waals surface area contributed by atoms with Crippen molar-refractivity contribution in [3.05, 3.63) is 113 Å². The van der Waals surface area contributed by atoms with E-state index >= 15 is 0 Å². The van der Waals surface area contributed by atoms with Gasteiger partial charge in [0.05, 0.1) is 25.6 Å². The Hall–Kier alpha value is -4.71. The van der Waals surface area contributed by atoms with Crippen LogP contribution in [0.1, 0.15) is 27.0 Å². The third-order valence-corrected chi connectivity index (χ3v) is 5.69. The molecule has 4 aromatic carbocycles. The number of ether oxygens (including phenoxy) is 2. The van der Waals surface area contributed by atoms with Gasteiger partial charge in [0.25, 0.3) is 5.91 Å². The second-order valence-electron chi connectivity index (χ2n) is 8.17. The summed E-state index contributed by atoms with van der Waals surface area (Å²) in [5, 5.41) is 6.28. The van der Waals surface area contributed by atoms with Gasteiger partial charge >= 0.3 is 0 Å². The van der Waals surface area contributed by atoms with Gasteiger partial charge in [-0.15, -0.1) is 0 Å². The van der Waals surface area contributed by atoms with E-state index in [0.29, 0.717) is 35.0 Å². The molecule has 182 valence electrons. The number of carbonyl (C=O) groups is 1. The minimum Gasteiger partial charge on any atom is -0.493 e. The molecule has 0 aliphatic heterocycles. The van der Waals surface area contributed by atoms with E-state index in [2.05, 4.69) is 10.6 Å². The molecule has 0 radical (unpaired) electrons. The van der Waals surface area contributed by atoms with E-state index in [4.69, 9.17) is 15.2 Å². The van der Waals surface area contributed by atoms with Crippen molar-refractivity contribution in [2.75, 3.05) is 30.6 Å². The van der Waals surface area contributed by atoms with Gasteiger partial charge in [-0.25, -0.2) is 0 Å². The first-order chi connectivity index (χ1) is 17.6. The Bertz CT molecular complexity index is 1350. The van der Waals surface area contributed by atoms with E-state index in [1.807, 2.05) is 84.9 Å². The van der Waals surface area contributed by atoms with Crippen LogP contribution in [-0.4, -0.2) is 20.1 Å². The minimum absolute atomic E-state index is 0.217. The standard InChI is InChI=1S/C30H29N3O3/c1-35-28-17-15-25(19-29(28)36-2)32-20-23-10-13-24(14-11-23)30(34)33-27-18-22(12-16-26(27)31)9-8-21-6-4-3-5-7-21/h3-19,32H,20,31H2,1-2H3,(H,33,34)/b9-8+. The van der Waals surface area contributed by atoms with E-state index in [0.717, 1.165) is 22.4 Å². The largest absolute Gasteiger partial charge is 0.493 e. The van der Waals surface area contributed by atoms with Crippen molar-refractivity contribution in [2.24, 2.45) is 0 Å². The van der Waals surface area contributed by atoms with Crippen molar-refractivity contribution in [3.63, 3.8) is 0 Å². The molecular formula is C30H29N3O3. The summed E-state index contributed by atoms with van der Waals surface area (Å²) in [6, 6.07) is 28.7. The zero-order valence-corrected chi connectivity index (χ0v) is 20.3. The van der Waals surface area contributed by atoms with Crippen LogP contribution in [0.25, 0.3) is 12.2 Å². The van der Waals surface area contributed by atoms with Crippen molar-refractivity contribution in [1.82, 2.24) is 0 Å². The van der Waals surface area contributed by atoms with Crippen LogP contribution in [-0.2, 0) is 6.54 Å². The topological polar surface area (TPSA) is 85.6 Å². The molecule has 1 amide bonds. The van der Waals surface area contributed by atoms with Crippen molar-refractivity contribution in [2.45, 2.75) is 6.54 Å². The molecule has 0 atom stereocenters. The van der Waals surface area contributed by atoms with Crippen LogP contribution in [0, 0.1) is 0 Å². The van der Waals surface area contributed by atoms with Gasteiger partial charge in [0.2, 0.25) is 0 Å². The van der Waals surface area contributed by atoms with Crippen molar-refractivity contribution in [3.8, 4) is 11.5 Å². The zero-order chi connectivity index (χ0) is 25.3. The summed E-state index contributed by atoms with van der Waals surface area (Å²) in [7, 11) is 3.22. The summed E-state index contributed by atoms with van der Waals surface area (Å²) >= 11 is 0. The lowest BCUT2D eigenvalue weighted by molar-refractivity contribution is 0.102. The molecule has 4 aromatic rings. The monoisotopic (exact) mass is 479 g/mol. The molecule has 6 nitrogen and oxygen atoms in total. The Labute approximate surface area is 211 Å². The Morgan fingerprint density at radius 1 is 0.806 bits per heavy atom. The Kier molecular flexibility index (Phi) is 7.88. The molecule has 0 saturated heterocycles. The van der Waals surface area contributed by atoms with Crippen molar-refractivity contribution < 1.29 is 14.3 Å². The predicted molar refractivity (Wildman–Crippen MR) is 147 cm³/mol. The van der Waals surface area contributed by atoms with E-state index in [1.165, 1.54) is 0 Å². The SMILES string of the molecule is COc1ccc(NCc2ccc(C(=O)Nc3cc(/C=C/c4ccccc4)ccc3N)cc2)cc1OC. The minimum atomic E-state index is -0.217. The van der Waals surface area contributed by atoms with Crippen LogP contribution < -0.4 is 25.8 Å². The number of rotatable bonds is 9. The third-order valence-electron chi connectivity index (χ3n) is 5.69. The Balaban J connectivity index is 1.38. The van der Waals surface area contributed by atoms with Crippen LogP contribution in [0.5, 0.6) is 11.5 Å². The number of amides is 1. The second kappa shape index (κ2) is 11.6. The molecule has 0 aromatic heterocycles. The van der Waals surface area contributed by atoms with E-state index < -0.39 is 0 Å². The fourth-order valence-corrected chi connectivity index (χ4v) is 3.66. The van der Waals surface area contributed by atoms with Crippen molar-refractivity contribution >= 4 is 35.1 Å². The maximum Gasteiger partial charge on any atom is 0.255 e. The number of anilines is 3. The number of benzene rings is 4. The lowest BCUT2D eigenvalue weighted by Gasteiger charge is -2.12. The van der Waals surface area contributed by atoms with Gasteiger partial charge < -0.3 is 25.8 Å². The van der Waals surface area contributed by atoms with Gasteiger partial charge in [0, 0.05) is 23.9 Å². The fraction of sp³-hybridized carbons (Fsp3) is 0.100. The maximum atomic E-state index is 12.9. The lowest BCUT2D eigenvalue weighted by Crippen LogP contribution is -2.13. The summed E-state index contributed by atoms with van der Waals surface area (Å²) < 4.78 is 10.6. The van der Waals surface area contributed by atoms with Gasteiger partial charge in [-0.2, -0.15) is 0 Å². The second-order valence-corrected chi connectivity index (χ2v) is 8.17. The molecule has 0 aliphatic rings. The van der Waals surface area contributed by atoms with E-state index in [-0.39, 0.29) is 5.91 Å². The summed E-state index contributed by atoms with van der Waals surface area (Å²) in [5.41, 5.74) is 11.7. The third kappa shape index (κ3) is 6.24. The van der Waals surface area contributed by atoms with Crippen LogP contribution in [0.2, 0.25) is 0 Å². The summed E-state index contributed by atoms with van der Waals surface area (Å²) in [5.74, 6) is 1.12. The molecule has 0 unspecified atom stereocenters. The van der Waals surface area contributed by atoms with Gasteiger partial charge in [0.1, 0.15) is 0 Å². The number of nitrogens with one attached hydrogen (secondary N) is 2. The molecule has 0 saturated carbocycles. The fourth-order valence-electron chi connectivity index (χ4n) is 3.66. The Morgan fingerprint density at radius 3 is 2.25 bits per heavy atom. The normalized spacial score (nSPS) is 10.7. The van der Waals surface area contributed by atoms with Gasteiger partial charge in [0.15, 0.2) is 11.5 Å². The van der Waals surface area contributed by atoms with Gasteiger partial charge in [-0.1, -0.05) is 60.7 Å².